The van der Waals surface area contributed by atoms with Crippen molar-refractivity contribution >= 4 is 16.9 Å². The third-order valence-corrected chi connectivity index (χ3v) is 4.98. The summed E-state index contributed by atoms with van der Waals surface area (Å²) < 4.78 is 0. The number of anilines is 1. The number of aliphatic hydroxyl groups excluding tert-OH is 1. The molecule has 0 aliphatic carbocycles. The van der Waals surface area contributed by atoms with Crippen LogP contribution in [-0.4, -0.2) is 39.2 Å². The Morgan fingerprint density at radius 3 is 2.46 bits per heavy atom. The minimum atomic E-state index is -0.130. The molecule has 0 unspecified atom stereocenters. The molecular formula is C21H24N4O. The second-order valence-electron chi connectivity index (χ2n) is 6.87. The smallest absolute Gasteiger partial charge is 0.145 e. The molecule has 0 spiro atoms. The minimum Gasteiger partial charge on any atom is -0.393 e. The lowest BCUT2D eigenvalue weighted by Gasteiger charge is -2.30. The SMILES string of the molecule is OC1CCN(Cc2ccccc2CNc2cnc3ccccc3n2)CC1. The number of benzene rings is 2. The lowest BCUT2D eigenvalue weighted by Crippen LogP contribution is -2.35. The Bertz CT molecular complexity index is 875. The summed E-state index contributed by atoms with van der Waals surface area (Å²) in [4.78, 5) is 11.5. The number of likely N-dealkylation sites (tertiary alicyclic amines) is 1. The van der Waals surface area contributed by atoms with E-state index in [4.69, 9.17) is 0 Å². The van der Waals surface area contributed by atoms with Crippen LogP contribution in [0.15, 0.2) is 54.7 Å². The van der Waals surface area contributed by atoms with Gasteiger partial charge in [-0.2, -0.15) is 0 Å². The van der Waals surface area contributed by atoms with Crippen LogP contribution >= 0.6 is 0 Å². The first-order valence-electron chi connectivity index (χ1n) is 9.21. The summed E-state index contributed by atoms with van der Waals surface area (Å²) in [6, 6.07) is 16.4. The van der Waals surface area contributed by atoms with Crippen molar-refractivity contribution in [3.05, 3.63) is 65.9 Å². The second kappa shape index (κ2) is 7.81. The molecule has 0 amide bonds. The zero-order chi connectivity index (χ0) is 17.8. The Morgan fingerprint density at radius 1 is 0.962 bits per heavy atom. The van der Waals surface area contributed by atoms with Crippen LogP contribution in [0.25, 0.3) is 11.0 Å². The van der Waals surface area contributed by atoms with Crippen molar-refractivity contribution in [3.8, 4) is 0 Å². The summed E-state index contributed by atoms with van der Waals surface area (Å²) in [5, 5.41) is 13.1. The third-order valence-electron chi connectivity index (χ3n) is 4.98. The van der Waals surface area contributed by atoms with E-state index in [2.05, 4.69) is 44.5 Å². The second-order valence-corrected chi connectivity index (χ2v) is 6.87. The summed E-state index contributed by atoms with van der Waals surface area (Å²) >= 11 is 0. The molecule has 0 bridgehead atoms. The molecule has 5 nitrogen and oxygen atoms in total. The highest BCUT2D eigenvalue weighted by atomic mass is 16.3. The van der Waals surface area contributed by atoms with Gasteiger partial charge >= 0.3 is 0 Å². The van der Waals surface area contributed by atoms with Crippen molar-refractivity contribution in [1.82, 2.24) is 14.9 Å². The number of hydrogen-bond donors (Lipinski definition) is 2. The van der Waals surface area contributed by atoms with Crippen molar-refractivity contribution in [1.29, 1.82) is 0 Å². The monoisotopic (exact) mass is 348 g/mol. The number of fused-ring (bicyclic) bond motifs is 1. The first-order valence-corrected chi connectivity index (χ1v) is 9.21. The highest BCUT2D eigenvalue weighted by Gasteiger charge is 2.17. The predicted molar refractivity (Wildman–Crippen MR) is 104 cm³/mol. The zero-order valence-corrected chi connectivity index (χ0v) is 14.8. The molecule has 5 heteroatoms. The average molecular weight is 348 g/mol. The van der Waals surface area contributed by atoms with Crippen LogP contribution in [0.5, 0.6) is 0 Å². The minimum absolute atomic E-state index is 0.130. The van der Waals surface area contributed by atoms with Gasteiger partial charge in [-0.1, -0.05) is 36.4 Å². The van der Waals surface area contributed by atoms with Crippen molar-refractivity contribution < 1.29 is 5.11 Å². The number of aromatic nitrogens is 2. The van der Waals surface area contributed by atoms with E-state index >= 15 is 0 Å². The maximum Gasteiger partial charge on any atom is 0.145 e. The first kappa shape index (κ1) is 16.9. The Labute approximate surface area is 153 Å². The van der Waals surface area contributed by atoms with Gasteiger partial charge < -0.3 is 10.4 Å². The molecule has 1 aromatic heterocycles. The Kier molecular flexibility index (Phi) is 5.09. The molecule has 2 aromatic carbocycles. The van der Waals surface area contributed by atoms with Crippen LogP contribution in [0.3, 0.4) is 0 Å². The van der Waals surface area contributed by atoms with E-state index in [0.29, 0.717) is 0 Å². The first-order chi connectivity index (χ1) is 12.8. The van der Waals surface area contributed by atoms with Crippen LogP contribution in [0.4, 0.5) is 5.82 Å². The largest absolute Gasteiger partial charge is 0.393 e. The Morgan fingerprint density at radius 2 is 1.65 bits per heavy atom. The van der Waals surface area contributed by atoms with Gasteiger partial charge in [0.2, 0.25) is 0 Å². The normalized spacial score (nSPS) is 16.0. The van der Waals surface area contributed by atoms with E-state index in [-0.39, 0.29) is 6.10 Å². The summed E-state index contributed by atoms with van der Waals surface area (Å²) in [5.41, 5.74) is 4.40. The van der Waals surface area contributed by atoms with Gasteiger partial charge in [0.05, 0.1) is 23.3 Å². The van der Waals surface area contributed by atoms with Crippen molar-refractivity contribution in [2.45, 2.75) is 32.0 Å². The molecule has 1 aliphatic heterocycles. The molecule has 2 N–H and O–H groups in total. The van der Waals surface area contributed by atoms with Gasteiger partial charge in [-0.25, -0.2) is 4.98 Å². The van der Waals surface area contributed by atoms with Crippen LogP contribution in [0.2, 0.25) is 0 Å². The molecule has 134 valence electrons. The summed E-state index contributed by atoms with van der Waals surface area (Å²) in [6.07, 6.45) is 3.39. The zero-order valence-electron chi connectivity index (χ0n) is 14.8. The van der Waals surface area contributed by atoms with Crippen LogP contribution in [0, 0.1) is 0 Å². The molecule has 2 heterocycles. The van der Waals surface area contributed by atoms with E-state index in [9.17, 15) is 5.11 Å². The molecule has 4 rings (SSSR count). The maximum atomic E-state index is 9.68. The highest BCUT2D eigenvalue weighted by Crippen LogP contribution is 2.18. The van der Waals surface area contributed by atoms with E-state index in [1.165, 1.54) is 11.1 Å². The van der Waals surface area contributed by atoms with Gasteiger partial charge in [-0.3, -0.25) is 9.88 Å². The van der Waals surface area contributed by atoms with Gasteiger partial charge in [-0.05, 0) is 36.1 Å². The molecule has 3 aromatic rings. The molecular weight excluding hydrogens is 324 g/mol. The molecule has 0 atom stereocenters. The summed E-state index contributed by atoms with van der Waals surface area (Å²) in [5.74, 6) is 0.791. The molecule has 26 heavy (non-hydrogen) atoms. The Hall–Kier alpha value is -2.50. The number of rotatable bonds is 5. The standard InChI is InChI=1S/C21H24N4O/c26-18-9-11-25(12-10-18)15-17-6-2-1-5-16(17)13-23-21-14-22-19-7-3-4-8-20(19)24-21/h1-8,14,18,26H,9-13,15H2,(H,23,24). The fourth-order valence-electron chi connectivity index (χ4n) is 3.43. The lowest BCUT2D eigenvalue weighted by molar-refractivity contribution is 0.0791. The number of piperidine rings is 1. The summed E-state index contributed by atoms with van der Waals surface area (Å²) in [7, 11) is 0. The summed E-state index contributed by atoms with van der Waals surface area (Å²) in [6.45, 7) is 3.56. The van der Waals surface area contributed by atoms with E-state index in [0.717, 1.165) is 55.9 Å². The van der Waals surface area contributed by atoms with Gasteiger partial charge in [0.25, 0.3) is 0 Å². The van der Waals surface area contributed by atoms with E-state index < -0.39 is 0 Å². The van der Waals surface area contributed by atoms with Crippen molar-refractivity contribution in [3.63, 3.8) is 0 Å². The van der Waals surface area contributed by atoms with Gasteiger partial charge in [0.15, 0.2) is 0 Å². The molecule has 1 fully saturated rings. The van der Waals surface area contributed by atoms with Crippen LogP contribution in [-0.2, 0) is 13.1 Å². The fourth-order valence-corrected chi connectivity index (χ4v) is 3.43. The number of para-hydroxylation sites is 2. The van der Waals surface area contributed by atoms with Gasteiger partial charge in [0, 0.05) is 26.2 Å². The topological polar surface area (TPSA) is 61.3 Å². The van der Waals surface area contributed by atoms with Crippen LogP contribution in [0.1, 0.15) is 24.0 Å². The van der Waals surface area contributed by atoms with Crippen LogP contribution < -0.4 is 5.32 Å². The van der Waals surface area contributed by atoms with Gasteiger partial charge in [-0.15, -0.1) is 0 Å². The molecule has 0 radical (unpaired) electrons. The third kappa shape index (κ3) is 4.00. The van der Waals surface area contributed by atoms with Crippen molar-refractivity contribution in [2.24, 2.45) is 0 Å². The maximum absolute atomic E-state index is 9.68. The van der Waals surface area contributed by atoms with E-state index in [1.54, 1.807) is 6.20 Å². The molecule has 1 aliphatic rings. The fraction of sp³-hybridized carbons (Fsp3) is 0.333. The predicted octanol–water partition coefficient (Wildman–Crippen LogP) is 3.20. The Balaban J connectivity index is 1.44. The van der Waals surface area contributed by atoms with Gasteiger partial charge in [0.1, 0.15) is 5.82 Å². The molecule has 0 saturated carbocycles. The van der Waals surface area contributed by atoms with Crippen molar-refractivity contribution in [2.75, 3.05) is 18.4 Å². The quantitative estimate of drug-likeness (QED) is 0.741. The number of hydrogen-bond acceptors (Lipinski definition) is 5. The molecule has 1 saturated heterocycles. The number of nitrogens with zero attached hydrogens (tertiary/aromatic N) is 3. The van der Waals surface area contributed by atoms with E-state index in [1.807, 2.05) is 24.3 Å². The number of aliphatic hydroxyl groups is 1. The lowest BCUT2D eigenvalue weighted by atomic mass is 10.0. The highest BCUT2D eigenvalue weighted by molar-refractivity contribution is 5.75. The average Bonchev–Trinajstić information content (AvgIpc) is 2.69. The number of nitrogens with one attached hydrogen (secondary N) is 1.